The van der Waals surface area contributed by atoms with Gasteiger partial charge in [-0.15, -0.1) is 12.8 Å². The Balaban J connectivity index is 0.000000640. The maximum absolute atomic E-state index is 4.02. The molecule has 1 aliphatic rings. The van der Waals surface area contributed by atoms with Crippen molar-refractivity contribution in [2.45, 2.75) is 32.1 Å². The normalized spacial score (nSPS) is 24.7. The van der Waals surface area contributed by atoms with Gasteiger partial charge in [0, 0.05) is 0 Å². The molecule has 0 N–H and O–H groups in total. The smallest absolute Gasteiger partial charge is 0.367 e. The van der Waals surface area contributed by atoms with E-state index in [-0.39, 0.29) is 27.8 Å². The molecule has 0 nitrogen and oxygen atoms in total. The molecule has 0 unspecified atom stereocenters. The first-order valence-electron chi connectivity index (χ1n) is 3.41. The molecule has 0 amide bonds. The summed E-state index contributed by atoms with van der Waals surface area (Å²) in [4.78, 5) is 0. The molecular formula is C8H14Nb. The topological polar surface area (TPSA) is 0 Å². The van der Waals surface area contributed by atoms with Crippen molar-refractivity contribution in [3.8, 4) is 0 Å². The van der Waals surface area contributed by atoms with Crippen LogP contribution in [0.5, 0.6) is 0 Å². The Bertz CT molecular complexity index is 68.6. The molecule has 0 aromatic rings. The predicted octanol–water partition coefficient (Wildman–Crippen LogP) is 2.60. The number of rotatable bonds is 0. The Morgan fingerprint density at radius 1 is 0.889 bits per heavy atom. The molecule has 1 heteroatoms. The zero-order valence-electron chi connectivity index (χ0n) is 5.90. The van der Waals surface area contributed by atoms with Gasteiger partial charge in [0.1, 0.15) is 0 Å². The van der Waals surface area contributed by atoms with Crippen LogP contribution in [0, 0.1) is 19.3 Å². The van der Waals surface area contributed by atoms with Gasteiger partial charge in [0.25, 0.3) is 0 Å². The summed E-state index contributed by atoms with van der Waals surface area (Å²) in [6.07, 6.45) is 6.53. The van der Waals surface area contributed by atoms with Crippen LogP contribution in [0.25, 0.3) is 0 Å². The zero-order chi connectivity index (χ0) is 6.04. The number of hydrogen-bond acceptors (Lipinski definition) is 0. The van der Waals surface area contributed by atoms with E-state index in [1.54, 1.807) is 0 Å². The maximum atomic E-state index is 4.02. The molecule has 0 heterocycles. The molecule has 51 valence electrons. The van der Waals surface area contributed by atoms with Gasteiger partial charge in [0.05, 0.1) is 0 Å². The van der Waals surface area contributed by atoms with Gasteiger partial charge >= 0.3 is 22.4 Å². The Labute approximate surface area is 73.9 Å². The van der Waals surface area contributed by atoms with E-state index < -0.39 is 0 Å². The minimum Gasteiger partial charge on any atom is -0.367 e. The van der Waals surface area contributed by atoms with Crippen molar-refractivity contribution in [2.75, 3.05) is 0 Å². The summed E-state index contributed by atoms with van der Waals surface area (Å²) in [6, 6.07) is 0. The van der Waals surface area contributed by atoms with Crippen LogP contribution in [0.3, 0.4) is 0 Å². The van der Waals surface area contributed by atoms with Gasteiger partial charge < -0.3 is 13.8 Å². The fourth-order valence-electron chi connectivity index (χ4n) is 1.30. The molecule has 0 bridgehead atoms. The Hall–Kier alpha value is 0.740. The van der Waals surface area contributed by atoms with E-state index in [0.717, 1.165) is 0 Å². The van der Waals surface area contributed by atoms with Crippen LogP contribution in [-0.2, 0) is 22.4 Å². The van der Waals surface area contributed by atoms with E-state index in [1.807, 2.05) is 0 Å². The van der Waals surface area contributed by atoms with Crippen LogP contribution < -0.4 is 0 Å². The molecular weight excluding hydrogens is 189 g/mol. The SMILES string of the molecule is [CH2-]C1([CH2-])CCCCC1.[Nb+2]. The van der Waals surface area contributed by atoms with Gasteiger partial charge in [-0.1, -0.05) is 19.3 Å². The van der Waals surface area contributed by atoms with Gasteiger partial charge in [-0.05, 0) is 0 Å². The quantitative estimate of drug-likeness (QED) is 0.419. The first-order chi connectivity index (χ1) is 3.71. The third-order valence-corrected chi connectivity index (χ3v) is 1.91. The summed E-state index contributed by atoms with van der Waals surface area (Å²) in [6.45, 7) is 8.04. The van der Waals surface area contributed by atoms with Crippen LogP contribution >= 0.6 is 0 Å². The van der Waals surface area contributed by atoms with Crippen molar-refractivity contribution in [3.05, 3.63) is 13.8 Å². The summed E-state index contributed by atoms with van der Waals surface area (Å²) in [5, 5.41) is 0. The molecule has 1 fully saturated rings. The van der Waals surface area contributed by atoms with Crippen molar-refractivity contribution in [1.29, 1.82) is 0 Å². The van der Waals surface area contributed by atoms with Crippen LogP contribution in [0.1, 0.15) is 32.1 Å². The average molecular weight is 203 g/mol. The van der Waals surface area contributed by atoms with Crippen LogP contribution in [0.2, 0.25) is 0 Å². The fourth-order valence-corrected chi connectivity index (χ4v) is 1.30. The molecule has 1 saturated carbocycles. The van der Waals surface area contributed by atoms with E-state index >= 15 is 0 Å². The molecule has 0 spiro atoms. The fraction of sp³-hybridized carbons (Fsp3) is 0.750. The van der Waals surface area contributed by atoms with Crippen molar-refractivity contribution >= 4 is 0 Å². The Morgan fingerprint density at radius 3 is 1.56 bits per heavy atom. The molecule has 0 aliphatic heterocycles. The third-order valence-electron chi connectivity index (χ3n) is 1.91. The van der Waals surface area contributed by atoms with E-state index in [2.05, 4.69) is 13.8 Å². The van der Waals surface area contributed by atoms with E-state index in [9.17, 15) is 0 Å². The van der Waals surface area contributed by atoms with Gasteiger partial charge in [0.15, 0.2) is 0 Å². The van der Waals surface area contributed by atoms with Gasteiger partial charge in [0.2, 0.25) is 0 Å². The predicted molar refractivity (Wildman–Crippen MR) is 36.2 cm³/mol. The second-order valence-corrected chi connectivity index (χ2v) is 3.06. The minimum atomic E-state index is 0. The molecule has 1 rings (SSSR count). The second-order valence-electron chi connectivity index (χ2n) is 3.06. The first-order valence-corrected chi connectivity index (χ1v) is 3.41. The summed E-state index contributed by atoms with van der Waals surface area (Å²) >= 11 is 0. The molecule has 1 aliphatic carbocycles. The standard InChI is InChI=1S/C8H14.Nb/c1-8(2)6-4-3-5-7-8;/h1-7H2;/q-2;+2. The van der Waals surface area contributed by atoms with Crippen molar-refractivity contribution < 1.29 is 22.4 Å². The molecule has 0 saturated heterocycles. The Kier molecular flexibility index (Phi) is 4.11. The molecule has 9 heavy (non-hydrogen) atoms. The van der Waals surface area contributed by atoms with E-state index in [0.29, 0.717) is 0 Å². The molecule has 0 atom stereocenters. The van der Waals surface area contributed by atoms with Crippen LogP contribution in [-0.4, -0.2) is 0 Å². The number of hydrogen-bond donors (Lipinski definition) is 0. The van der Waals surface area contributed by atoms with Crippen molar-refractivity contribution in [2.24, 2.45) is 5.41 Å². The maximum Gasteiger partial charge on any atom is 2.00 e. The monoisotopic (exact) mass is 203 g/mol. The van der Waals surface area contributed by atoms with Crippen LogP contribution in [0.4, 0.5) is 0 Å². The van der Waals surface area contributed by atoms with Crippen molar-refractivity contribution in [1.82, 2.24) is 0 Å². The van der Waals surface area contributed by atoms with E-state index in [4.69, 9.17) is 0 Å². The Morgan fingerprint density at radius 2 is 1.33 bits per heavy atom. The average Bonchev–Trinajstić information content (AvgIpc) is 1.65. The van der Waals surface area contributed by atoms with Crippen molar-refractivity contribution in [3.63, 3.8) is 0 Å². The van der Waals surface area contributed by atoms with Gasteiger partial charge in [-0.3, -0.25) is 5.41 Å². The first kappa shape index (κ1) is 9.74. The van der Waals surface area contributed by atoms with Gasteiger partial charge in [-0.25, -0.2) is 0 Å². The molecule has 1 radical (unpaired) electrons. The molecule has 0 aromatic carbocycles. The third kappa shape index (κ3) is 3.44. The summed E-state index contributed by atoms with van der Waals surface area (Å²) in [5.74, 6) is 0. The summed E-state index contributed by atoms with van der Waals surface area (Å²) < 4.78 is 0. The molecule has 0 aromatic heterocycles. The second kappa shape index (κ2) is 3.80. The van der Waals surface area contributed by atoms with E-state index in [1.165, 1.54) is 32.1 Å². The minimum absolute atomic E-state index is 0. The largest absolute Gasteiger partial charge is 2.00 e. The van der Waals surface area contributed by atoms with Crippen LogP contribution in [0.15, 0.2) is 0 Å². The van der Waals surface area contributed by atoms with Gasteiger partial charge in [-0.2, -0.15) is 0 Å². The summed E-state index contributed by atoms with van der Waals surface area (Å²) in [7, 11) is 0. The zero-order valence-corrected chi connectivity index (χ0v) is 8.10. The summed E-state index contributed by atoms with van der Waals surface area (Å²) in [5.41, 5.74) is 0.179.